The summed E-state index contributed by atoms with van der Waals surface area (Å²) in [5.41, 5.74) is 0.610. The van der Waals surface area contributed by atoms with E-state index in [4.69, 9.17) is 4.74 Å². The Morgan fingerprint density at radius 2 is 2.00 bits per heavy atom. The smallest absolute Gasteiger partial charge is 0.389 e. The zero-order valence-corrected chi connectivity index (χ0v) is 11.6. The molecule has 0 aliphatic rings. The number of benzene rings is 1. The first-order valence-corrected chi connectivity index (χ1v) is 6.56. The third-order valence-corrected chi connectivity index (χ3v) is 2.83. The van der Waals surface area contributed by atoms with Gasteiger partial charge in [-0.05, 0) is 26.0 Å². The number of para-hydroxylation sites is 1. The Labute approximate surface area is 116 Å². The second-order valence-corrected chi connectivity index (χ2v) is 4.50. The van der Waals surface area contributed by atoms with Crippen molar-refractivity contribution in [1.82, 2.24) is 5.32 Å². The second kappa shape index (κ2) is 7.47. The van der Waals surface area contributed by atoms with E-state index in [2.05, 4.69) is 5.32 Å². The topological polar surface area (TPSA) is 21.3 Å². The van der Waals surface area contributed by atoms with E-state index < -0.39 is 18.4 Å². The molecule has 0 aromatic heterocycles. The van der Waals surface area contributed by atoms with Gasteiger partial charge < -0.3 is 10.1 Å². The zero-order chi connectivity index (χ0) is 15.2. The normalized spacial score (nSPS) is 13.3. The minimum Gasteiger partial charge on any atom is -0.490 e. The summed E-state index contributed by atoms with van der Waals surface area (Å²) >= 11 is 0. The van der Waals surface area contributed by atoms with Crippen molar-refractivity contribution in [3.8, 4) is 5.75 Å². The van der Waals surface area contributed by atoms with Crippen LogP contribution in [0.1, 0.15) is 38.3 Å². The van der Waals surface area contributed by atoms with Crippen molar-refractivity contribution >= 4 is 0 Å². The maximum Gasteiger partial charge on any atom is 0.389 e. The second-order valence-electron chi connectivity index (χ2n) is 4.50. The average Bonchev–Trinajstić information content (AvgIpc) is 2.35. The fourth-order valence-electron chi connectivity index (χ4n) is 1.88. The van der Waals surface area contributed by atoms with Crippen molar-refractivity contribution < 1.29 is 22.3 Å². The summed E-state index contributed by atoms with van der Waals surface area (Å²) in [4.78, 5) is 0. The predicted molar refractivity (Wildman–Crippen MR) is 69.3 cm³/mol. The quantitative estimate of drug-likeness (QED) is 0.600. The van der Waals surface area contributed by atoms with Gasteiger partial charge in [-0.15, -0.1) is 0 Å². The minimum atomic E-state index is -4.21. The van der Waals surface area contributed by atoms with E-state index in [1.165, 1.54) is 6.07 Å². The molecule has 0 bridgehead atoms. The number of rotatable bonds is 7. The number of alkyl halides is 3. The molecule has 1 atom stereocenters. The molecular formula is C14H19F4NO. The van der Waals surface area contributed by atoms with E-state index in [1.807, 2.05) is 13.8 Å². The van der Waals surface area contributed by atoms with Crippen LogP contribution in [-0.4, -0.2) is 19.3 Å². The molecule has 0 aliphatic carbocycles. The molecule has 0 fully saturated rings. The third-order valence-electron chi connectivity index (χ3n) is 2.83. The molecule has 0 spiro atoms. The highest BCUT2D eigenvalue weighted by Crippen LogP contribution is 2.29. The van der Waals surface area contributed by atoms with Crippen LogP contribution in [0.3, 0.4) is 0 Å². The van der Waals surface area contributed by atoms with Crippen LogP contribution < -0.4 is 10.1 Å². The Balaban J connectivity index is 2.68. The lowest BCUT2D eigenvalue weighted by atomic mass is 10.1. The Morgan fingerprint density at radius 1 is 1.30 bits per heavy atom. The Morgan fingerprint density at radius 3 is 2.60 bits per heavy atom. The van der Waals surface area contributed by atoms with Crippen LogP contribution >= 0.6 is 0 Å². The first-order chi connectivity index (χ1) is 9.35. The molecular weight excluding hydrogens is 274 g/mol. The molecule has 0 saturated heterocycles. The lowest BCUT2D eigenvalue weighted by molar-refractivity contribution is -0.136. The van der Waals surface area contributed by atoms with Crippen molar-refractivity contribution in [2.75, 3.05) is 13.2 Å². The first kappa shape index (κ1) is 16.8. The van der Waals surface area contributed by atoms with E-state index in [-0.39, 0.29) is 24.8 Å². The van der Waals surface area contributed by atoms with Gasteiger partial charge in [-0.25, -0.2) is 4.39 Å². The lowest BCUT2D eigenvalue weighted by Gasteiger charge is -2.18. The Bertz CT molecular complexity index is 420. The molecule has 6 heteroatoms. The van der Waals surface area contributed by atoms with Gasteiger partial charge in [0.05, 0.1) is 6.61 Å². The summed E-state index contributed by atoms with van der Waals surface area (Å²) in [6.45, 7) is 4.30. The molecule has 1 aromatic rings. The highest BCUT2D eigenvalue weighted by molar-refractivity contribution is 5.37. The van der Waals surface area contributed by atoms with Crippen LogP contribution in [0, 0.1) is 5.82 Å². The van der Waals surface area contributed by atoms with Gasteiger partial charge in [0.2, 0.25) is 0 Å². The van der Waals surface area contributed by atoms with Crippen LogP contribution in [0.5, 0.6) is 5.75 Å². The summed E-state index contributed by atoms with van der Waals surface area (Å²) in [6.07, 6.45) is -5.33. The molecule has 1 unspecified atom stereocenters. The van der Waals surface area contributed by atoms with Crippen LogP contribution in [0.25, 0.3) is 0 Å². The molecule has 0 radical (unpaired) electrons. The maximum atomic E-state index is 13.7. The number of ether oxygens (including phenoxy) is 1. The molecule has 0 amide bonds. The predicted octanol–water partition coefficient (Wildman–Crippen LogP) is 4.22. The highest BCUT2D eigenvalue weighted by atomic mass is 19.4. The molecule has 2 nitrogen and oxygen atoms in total. The molecule has 1 N–H and O–H groups in total. The van der Waals surface area contributed by atoms with Crippen molar-refractivity contribution in [2.45, 2.75) is 38.9 Å². The summed E-state index contributed by atoms with van der Waals surface area (Å²) in [7, 11) is 0. The van der Waals surface area contributed by atoms with Crippen molar-refractivity contribution in [3.63, 3.8) is 0 Å². The van der Waals surface area contributed by atoms with Crippen molar-refractivity contribution in [2.24, 2.45) is 0 Å². The monoisotopic (exact) mass is 293 g/mol. The summed E-state index contributed by atoms with van der Waals surface area (Å²) in [5.74, 6) is -0.526. The van der Waals surface area contributed by atoms with E-state index in [0.29, 0.717) is 12.1 Å². The molecule has 114 valence electrons. The lowest BCUT2D eigenvalue weighted by Crippen LogP contribution is -2.19. The van der Waals surface area contributed by atoms with Gasteiger partial charge in [0, 0.05) is 18.0 Å². The van der Waals surface area contributed by atoms with Gasteiger partial charge in [-0.2, -0.15) is 13.2 Å². The van der Waals surface area contributed by atoms with Crippen LogP contribution in [0.2, 0.25) is 0 Å². The van der Waals surface area contributed by atoms with E-state index in [1.54, 1.807) is 12.1 Å². The maximum absolute atomic E-state index is 13.7. The van der Waals surface area contributed by atoms with Crippen LogP contribution in [-0.2, 0) is 0 Å². The number of halogens is 4. The van der Waals surface area contributed by atoms with Gasteiger partial charge in [-0.1, -0.05) is 19.1 Å². The first-order valence-electron chi connectivity index (χ1n) is 6.56. The van der Waals surface area contributed by atoms with Gasteiger partial charge in [-0.3, -0.25) is 0 Å². The fourth-order valence-corrected chi connectivity index (χ4v) is 1.88. The van der Waals surface area contributed by atoms with E-state index in [9.17, 15) is 17.6 Å². The van der Waals surface area contributed by atoms with Crippen LogP contribution in [0.15, 0.2) is 18.2 Å². The fraction of sp³-hybridized carbons (Fsp3) is 0.571. The van der Waals surface area contributed by atoms with Gasteiger partial charge >= 0.3 is 6.18 Å². The number of hydrogen-bond acceptors (Lipinski definition) is 2. The van der Waals surface area contributed by atoms with E-state index >= 15 is 0 Å². The summed E-state index contributed by atoms with van der Waals surface area (Å²) < 4.78 is 55.0. The molecule has 1 aromatic carbocycles. The number of hydrogen-bond donors (Lipinski definition) is 1. The molecule has 0 heterocycles. The van der Waals surface area contributed by atoms with Crippen molar-refractivity contribution in [1.29, 1.82) is 0 Å². The third kappa shape index (κ3) is 5.36. The van der Waals surface area contributed by atoms with Gasteiger partial charge in [0.15, 0.2) is 11.6 Å². The highest BCUT2D eigenvalue weighted by Gasteiger charge is 2.26. The molecule has 1 rings (SSSR count). The van der Waals surface area contributed by atoms with Gasteiger partial charge in [0.25, 0.3) is 0 Å². The standard InChI is InChI=1S/C14H19F4NO/c1-3-19-10(2)11-6-4-7-12(15)13(11)20-9-5-8-14(16,17)18/h4,6-7,10,19H,3,5,8-9H2,1-2H3. The van der Waals surface area contributed by atoms with Crippen LogP contribution in [0.4, 0.5) is 17.6 Å². The molecule has 0 aliphatic heterocycles. The Kier molecular flexibility index (Phi) is 6.26. The minimum absolute atomic E-state index is 0.0307. The average molecular weight is 293 g/mol. The summed E-state index contributed by atoms with van der Waals surface area (Å²) in [5, 5.41) is 3.12. The largest absolute Gasteiger partial charge is 0.490 e. The number of nitrogens with one attached hydrogen (secondary N) is 1. The van der Waals surface area contributed by atoms with Crippen molar-refractivity contribution in [3.05, 3.63) is 29.6 Å². The van der Waals surface area contributed by atoms with E-state index in [0.717, 1.165) is 0 Å². The molecule has 20 heavy (non-hydrogen) atoms. The zero-order valence-electron chi connectivity index (χ0n) is 11.6. The SMILES string of the molecule is CCNC(C)c1cccc(F)c1OCCCC(F)(F)F. The van der Waals surface area contributed by atoms with Gasteiger partial charge in [0.1, 0.15) is 0 Å². The Hall–Kier alpha value is -1.30. The summed E-state index contributed by atoms with van der Waals surface area (Å²) in [6, 6.07) is 4.37. The molecule has 0 saturated carbocycles.